The van der Waals surface area contributed by atoms with Gasteiger partial charge in [0.25, 0.3) is 0 Å². The van der Waals surface area contributed by atoms with Crippen molar-refractivity contribution in [1.29, 1.82) is 0 Å². The maximum Gasteiger partial charge on any atom is 0.109 e. The number of allylic oxidation sites excluding steroid dienone is 1. The minimum absolute atomic E-state index is 0.338. The summed E-state index contributed by atoms with van der Waals surface area (Å²) in [6.07, 6.45) is 4.07. The van der Waals surface area contributed by atoms with Crippen LogP contribution in [0.1, 0.15) is 70.8 Å². The van der Waals surface area contributed by atoms with E-state index in [0.29, 0.717) is 17.9 Å². The molecule has 6 rings (SSSR count). The standard InChI is InChI=1S/C33H36N4/c1-18(2)21(6)35-29-20(5)9-10-24-16-22(11-13-25(24)29)23-12-14-26-28(17-23)30-27(8-7-15-34-30)32-31(26)36-33(37-32)19(3)4/h7-8,11-19,21,35H,9-10H2,1-6H3,(H,36,37). The summed E-state index contributed by atoms with van der Waals surface area (Å²) in [6.45, 7) is 13.5. The maximum atomic E-state index is 4.96. The molecule has 0 saturated carbocycles. The fraction of sp³-hybridized carbons (Fsp3) is 0.333. The molecule has 1 aliphatic rings. The number of aryl methyl sites for hydroxylation is 1. The van der Waals surface area contributed by atoms with Crippen molar-refractivity contribution in [3.63, 3.8) is 0 Å². The number of fused-ring (bicyclic) bond motifs is 7. The highest BCUT2D eigenvalue weighted by molar-refractivity contribution is 6.22. The molecule has 4 nitrogen and oxygen atoms in total. The molecule has 0 saturated heterocycles. The molecule has 0 bridgehead atoms. The number of aromatic nitrogens is 3. The predicted molar refractivity (Wildman–Crippen MR) is 157 cm³/mol. The molecule has 0 amide bonds. The van der Waals surface area contributed by atoms with E-state index in [4.69, 9.17) is 9.97 Å². The van der Waals surface area contributed by atoms with Gasteiger partial charge in [-0.3, -0.25) is 4.98 Å². The minimum atomic E-state index is 0.338. The van der Waals surface area contributed by atoms with Crippen molar-refractivity contribution >= 4 is 38.4 Å². The normalized spacial score (nSPS) is 14.8. The van der Waals surface area contributed by atoms with Gasteiger partial charge in [0.05, 0.1) is 16.6 Å². The molecule has 0 aliphatic heterocycles. The Kier molecular flexibility index (Phi) is 5.78. The third-order valence-corrected chi connectivity index (χ3v) is 8.15. The van der Waals surface area contributed by atoms with Gasteiger partial charge in [-0.05, 0) is 73.1 Å². The Hall–Kier alpha value is -3.66. The van der Waals surface area contributed by atoms with Crippen LogP contribution in [0.25, 0.3) is 49.5 Å². The van der Waals surface area contributed by atoms with Gasteiger partial charge in [-0.1, -0.05) is 58.0 Å². The lowest BCUT2D eigenvalue weighted by molar-refractivity contribution is 0.478. The highest BCUT2D eigenvalue weighted by Gasteiger charge is 2.20. The van der Waals surface area contributed by atoms with Gasteiger partial charge in [-0.25, -0.2) is 4.98 Å². The van der Waals surface area contributed by atoms with Crippen molar-refractivity contribution in [2.75, 3.05) is 0 Å². The Morgan fingerprint density at radius 3 is 2.41 bits per heavy atom. The van der Waals surface area contributed by atoms with E-state index in [-0.39, 0.29) is 0 Å². The van der Waals surface area contributed by atoms with Crippen LogP contribution in [0.2, 0.25) is 0 Å². The molecule has 0 spiro atoms. The molecule has 2 N–H and O–H groups in total. The number of pyridine rings is 1. The molecule has 1 atom stereocenters. The first-order chi connectivity index (χ1) is 17.8. The van der Waals surface area contributed by atoms with E-state index < -0.39 is 0 Å². The molecule has 1 unspecified atom stereocenters. The topological polar surface area (TPSA) is 53.6 Å². The zero-order chi connectivity index (χ0) is 25.8. The number of nitrogens with one attached hydrogen (secondary N) is 2. The van der Waals surface area contributed by atoms with Crippen molar-refractivity contribution in [1.82, 2.24) is 20.3 Å². The van der Waals surface area contributed by atoms with Gasteiger partial charge in [0.1, 0.15) is 5.82 Å². The quantitative estimate of drug-likeness (QED) is 0.244. The zero-order valence-corrected chi connectivity index (χ0v) is 22.7. The van der Waals surface area contributed by atoms with Gasteiger partial charge >= 0.3 is 0 Å². The second kappa shape index (κ2) is 9.02. The van der Waals surface area contributed by atoms with Crippen molar-refractivity contribution in [3.05, 3.63) is 77.3 Å². The number of hydrogen-bond acceptors (Lipinski definition) is 3. The van der Waals surface area contributed by atoms with Gasteiger partial charge in [0, 0.05) is 45.6 Å². The van der Waals surface area contributed by atoms with Crippen LogP contribution in [-0.4, -0.2) is 21.0 Å². The zero-order valence-electron chi connectivity index (χ0n) is 22.7. The average molecular weight is 489 g/mol. The van der Waals surface area contributed by atoms with Crippen molar-refractivity contribution in [2.24, 2.45) is 5.92 Å². The summed E-state index contributed by atoms with van der Waals surface area (Å²) in [4.78, 5) is 13.4. The molecule has 5 aromatic rings. The molecule has 37 heavy (non-hydrogen) atoms. The molecule has 4 heteroatoms. The molecule has 0 fully saturated rings. The summed E-state index contributed by atoms with van der Waals surface area (Å²) in [6, 6.07) is 18.4. The number of imidazole rings is 1. The Morgan fingerprint density at radius 2 is 1.62 bits per heavy atom. The second-order valence-electron chi connectivity index (χ2n) is 11.4. The average Bonchev–Trinajstić information content (AvgIpc) is 3.36. The first-order valence-electron chi connectivity index (χ1n) is 13.6. The first-order valence-corrected chi connectivity index (χ1v) is 13.6. The highest BCUT2D eigenvalue weighted by Crippen LogP contribution is 2.38. The number of benzene rings is 3. The summed E-state index contributed by atoms with van der Waals surface area (Å²) >= 11 is 0. The third-order valence-electron chi connectivity index (χ3n) is 8.15. The Labute approximate surface area is 219 Å². The van der Waals surface area contributed by atoms with E-state index in [0.717, 1.165) is 40.6 Å². The molecule has 2 heterocycles. The van der Waals surface area contributed by atoms with Crippen LogP contribution < -0.4 is 5.32 Å². The van der Waals surface area contributed by atoms with E-state index in [1.54, 1.807) is 0 Å². The molecule has 3 aromatic carbocycles. The Morgan fingerprint density at radius 1 is 0.838 bits per heavy atom. The monoisotopic (exact) mass is 488 g/mol. The van der Waals surface area contributed by atoms with Gasteiger partial charge in [0.2, 0.25) is 0 Å². The van der Waals surface area contributed by atoms with Gasteiger partial charge in [-0.2, -0.15) is 0 Å². The first kappa shape index (κ1) is 23.7. The highest BCUT2D eigenvalue weighted by atomic mass is 14.9. The van der Waals surface area contributed by atoms with E-state index in [1.807, 2.05) is 12.3 Å². The molecule has 0 radical (unpaired) electrons. The number of aromatic amines is 1. The van der Waals surface area contributed by atoms with Gasteiger partial charge in [0.15, 0.2) is 0 Å². The van der Waals surface area contributed by atoms with Gasteiger partial charge < -0.3 is 10.3 Å². The molecule has 188 valence electrons. The fourth-order valence-corrected chi connectivity index (χ4v) is 5.50. The SMILES string of the molecule is CC1=C(NC(C)C(C)C)c2ccc(-c3ccc4c(c3)c3ncccc3c3nc(C(C)C)[nH]c43)cc2CC1. The lowest BCUT2D eigenvalue weighted by Crippen LogP contribution is -2.31. The predicted octanol–water partition coefficient (Wildman–Crippen LogP) is 8.37. The second-order valence-corrected chi connectivity index (χ2v) is 11.4. The summed E-state index contributed by atoms with van der Waals surface area (Å²) in [5.74, 6) is 1.94. The van der Waals surface area contributed by atoms with Crippen LogP contribution >= 0.6 is 0 Å². The lowest BCUT2D eigenvalue weighted by Gasteiger charge is -2.28. The van der Waals surface area contributed by atoms with Crippen LogP contribution in [0.5, 0.6) is 0 Å². The summed E-state index contributed by atoms with van der Waals surface area (Å²) in [7, 11) is 0. The number of nitrogens with zero attached hydrogens (tertiary/aromatic N) is 2. The van der Waals surface area contributed by atoms with Crippen LogP contribution in [0, 0.1) is 5.92 Å². The van der Waals surface area contributed by atoms with E-state index in [9.17, 15) is 0 Å². The smallest absolute Gasteiger partial charge is 0.109 e. The van der Waals surface area contributed by atoms with Crippen LogP contribution in [-0.2, 0) is 6.42 Å². The molecule has 2 aromatic heterocycles. The van der Waals surface area contributed by atoms with Crippen LogP contribution in [0.4, 0.5) is 0 Å². The van der Waals surface area contributed by atoms with E-state index in [1.165, 1.54) is 44.3 Å². The largest absolute Gasteiger partial charge is 0.382 e. The van der Waals surface area contributed by atoms with E-state index >= 15 is 0 Å². The van der Waals surface area contributed by atoms with Crippen molar-refractivity contribution in [2.45, 2.75) is 66.3 Å². The fourth-order valence-electron chi connectivity index (χ4n) is 5.50. The third kappa shape index (κ3) is 3.99. The van der Waals surface area contributed by atoms with Crippen LogP contribution in [0.3, 0.4) is 0 Å². The van der Waals surface area contributed by atoms with Crippen molar-refractivity contribution < 1.29 is 0 Å². The Balaban J connectivity index is 1.48. The Bertz CT molecular complexity index is 1690. The number of hydrogen-bond donors (Lipinski definition) is 2. The number of H-pyrrole nitrogens is 1. The van der Waals surface area contributed by atoms with Gasteiger partial charge in [-0.15, -0.1) is 0 Å². The lowest BCUT2D eigenvalue weighted by atomic mass is 9.86. The molecular formula is C33H36N4. The van der Waals surface area contributed by atoms with Crippen molar-refractivity contribution in [3.8, 4) is 11.1 Å². The molecular weight excluding hydrogens is 452 g/mol. The minimum Gasteiger partial charge on any atom is -0.382 e. The summed E-state index contributed by atoms with van der Waals surface area (Å²) in [5.41, 5.74) is 11.2. The number of rotatable bonds is 5. The summed E-state index contributed by atoms with van der Waals surface area (Å²) < 4.78 is 0. The van der Waals surface area contributed by atoms with E-state index in [2.05, 4.69) is 94.3 Å². The molecule has 1 aliphatic carbocycles. The summed E-state index contributed by atoms with van der Waals surface area (Å²) in [5, 5.41) is 7.26. The maximum absolute atomic E-state index is 4.96. The van der Waals surface area contributed by atoms with Crippen LogP contribution in [0.15, 0.2) is 60.3 Å².